The Morgan fingerprint density at radius 1 is 1.10 bits per heavy atom. The van der Waals surface area contributed by atoms with Gasteiger partial charge in [-0.3, -0.25) is 23.6 Å². The third-order valence-electron chi connectivity index (χ3n) is 7.18. The van der Waals surface area contributed by atoms with Crippen LogP contribution in [-0.2, 0) is 23.6 Å². The summed E-state index contributed by atoms with van der Waals surface area (Å²) >= 11 is 0. The molecule has 1 amide bonds. The normalized spacial score (nSPS) is 15.4. The van der Waals surface area contributed by atoms with Crippen molar-refractivity contribution in [2.45, 2.75) is 31.9 Å². The van der Waals surface area contributed by atoms with Crippen molar-refractivity contribution in [1.82, 2.24) is 24.2 Å². The second-order valence-electron chi connectivity index (χ2n) is 9.83. The summed E-state index contributed by atoms with van der Waals surface area (Å²) in [5, 5.41) is 15.7. The van der Waals surface area contributed by atoms with Crippen LogP contribution in [0.1, 0.15) is 30.1 Å². The van der Waals surface area contributed by atoms with Crippen LogP contribution in [0, 0.1) is 0 Å². The number of nitrogens with one attached hydrogen (secondary N) is 1. The smallest absolute Gasteiger partial charge is 0.264 e. The van der Waals surface area contributed by atoms with Crippen molar-refractivity contribution in [1.29, 1.82) is 0 Å². The van der Waals surface area contributed by atoms with Crippen molar-refractivity contribution >= 4 is 32.7 Å². The van der Waals surface area contributed by atoms with E-state index in [1.165, 1.54) is 21.8 Å². The summed E-state index contributed by atoms with van der Waals surface area (Å²) in [5.41, 5.74) is 1.55. The van der Waals surface area contributed by atoms with E-state index in [0.29, 0.717) is 53.8 Å². The molecule has 1 aliphatic heterocycles. The number of carbonyl (C=O) groups excluding carboxylic acids is 1. The standard InChI is InChI=1S/C27H30N6O5S/c1-3-39(37,38)30-23-7-5-4-6-21(23)19-8-10-20(11-9-19)25(34)32-14-12-27(36,13-15-32)17-33-18-28-24-22(26(33)35)16-29-31(24)2/h4-11,16,18,30,36H,3,12-15,17H2,1-2H3. The Hall–Kier alpha value is -4.03. The molecule has 4 aromatic rings. The number of likely N-dealkylation sites (tertiary alicyclic amines) is 1. The third kappa shape index (κ3) is 5.43. The number of aliphatic hydroxyl groups is 1. The number of amides is 1. The zero-order valence-corrected chi connectivity index (χ0v) is 22.6. The van der Waals surface area contributed by atoms with E-state index in [0.717, 1.165) is 5.56 Å². The first kappa shape index (κ1) is 26.6. The van der Waals surface area contributed by atoms with Crippen molar-refractivity contribution in [3.8, 4) is 11.1 Å². The highest BCUT2D eigenvalue weighted by atomic mass is 32.2. The molecule has 39 heavy (non-hydrogen) atoms. The molecule has 0 spiro atoms. The fourth-order valence-corrected chi connectivity index (χ4v) is 5.48. The predicted octanol–water partition coefficient (Wildman–Crippen LogP) is 2.23. The summed E-state index contributed by atoms with van der Waals surface area (Å²) in [6, 6.07) is 14.1. The second-order valence-corrected chi connectivity index (χ2v) is 11.8. The Morgan fingerprint density at radius 3 is 2.49 bits per heavy atom. The van der Waals surface area contributed by atoms with Gasteiger partial charge in [-0.05, 0) is 43.5 Å². The molecule has 0 radical (unpaired) electrons. The molecule has 3 heterocycles. The monoisotopic (exact) mass is 550 g/mol. The number of hydrogen-bond donors (Lipinski definition) is 2. The van der Waals surface area contributed by atoms with E-state index in [9.17, 15) is 23.1 Å². The molecule has 12 heteroatoms. The van der Waals surface area contributed by atoms with E-state index >= 15 is 0 Å². The average Bonchev–Trinajstić information content (AvgIpc) is 3.31. The van der Waals surface area contributed by atoms with Crippen LogP contribution in [0.25, 0.3) is 22.2 Å². The summed E-state index contributed by atoms with van der Waals surface area (Å²) in [5.74, 6) is -0.188. The third-order valence-corrected chi connectivity index (χ3v) is 8.47. The van der Waals surface area contributed by atoms with Crippen molar-refractivity contribution in [3.05, 3.63) is 77.0 Å². The van der Waals surface area contributed by atoms with E-state index in [1.807, 2.05) is 12.1 Å². The van der Waals surface area contributed by atoms with E-state index in [4.69, 9.17) is 0 Å². The molecule has 0 saturated carbocycles. The SMILES string of the molecule is CCS(=O)(=O)Nc1ccccc1-c1ccc(C(=O)N2CCC(O)(Cn3cnc4c(cnn4C)c3=O)CC2)cc1. The fraction of sp³-hybridized carbons (Fsp3) is 0.333. The highest BCUT2D eigenvalue weighted by Gasteiger charge is 2.35. The van der Waals surface area contributed by atoms with Crippen molar-refractivity contribution in [2.24, 2.45) is 7.05 Å². The zero-order valence-electron chi connectivity index (χ0n) is 21.7. The number of piperidine rings is 1. The first-order chi connectivity index (χ1) is 18.6. The van der Waals surface area contributed by atoms with Gasteiger partial charge in [-0.25, -0.2) is 13.4 Å². The van der Waals surface area contributed by atoms with Gasteiger partial charge in [-0.2, -0.15) is 5.10 Å². The van der Waals surface area contributed by atoms with Crippen molar-refractivity contribution in [2.75, 3.05) is 23.6 Å². The van der Waals surface area contributed by atoms with E-state index < -0.39 is 15.6 Å². The average molecular weight is 551 g/mol. The maximum absolute atomic E-state index is 13.2. The number of carbonyl (C=O) groups is 1. The molecular formula is C27H30N6O5S. The van der Waals surface area contributed by atoms with Gasteiger partial charge in [0.15, 0.2) is 5.65 Å². The van der Waals surface area contributed by atoms with Crippen molar-refractivity contribution < 1.29 is 18.3 Å². The molecule has 2 aromatic heterocycles. The van der Waals surface area contributed by atoms with Crippen LogP contribution in [-0.4, -0.2) is 68.1 Å². The van der Waals surface area contributed by atoms with Gasteiger partial charge in [0, 0.05) is 31.3 Å². The van der Waals surface area contributed by atoms with Crippen LogP contribution in [0.5, 0.6) is 0 Å². The van der Waals surface area contributed by atoms with Gasteiger partial charge in [-0.15, -0.1) is 0 Å². The number of rotatable bonds is 7. The number of benzene rings is 2. The molecule has 2 aromatic carbocycles. The topological polar surface area (TPSA) is 139 Å². The first-order valence-corrected chi connectivity index (χ1v) is 14.3. The van der Waals surface area contributed by atoms with Crippen LogP contribution < -0.4 is 10.3 Å². The molecule has 5 rings (SSSR count). The summed E-state index contributed by atoms with van der Waals surface area (Å²) < 4.78 is 29.7. The summed E-state index contributed by atoms with van der Waals surface area (Å²) in [4.78, 5) is 32.0. The summed E-state index contributed by atoms with van der Waals surface area (Å²) in [6.45, 7) is 2.35. The Morgan fingerprint density at radius 2 is 1.79 bits per heavy atom. The Kier molecular flexibility index (Phi) is 7.00. The molecule has 0 aliphatic carbocycles. The number of nitrogens with zero attached hydrogens (tertiary/aromatic N) is 5. The van der Waals surface area contributed by atoms with Gasteiger partial charge in [0.05, 0.1) is 29.8 Å². The molecule has 2 N–H and O–H groups in total. The number of aryl methyl sites for hydroxylation is 1. The lowest BCUT2D eigenvalue weighted by molar-refractivity contribution is -0.0299. The van der Waals surface area contributed by atoms with E-state index in [1.54, 1.807) is 55.3 Å². The van der Waals surface area contributed by atoms with Gasteiger partial charge in [0.25, 0.3) is 11.5 Å². The summed E-state index contributed by atoms with van der Waals surface area (Å²) in [6.07, 6.45) is 3.54. The largest absolute Gasteiger partial charge is 0.388 e. The molecular weight excluding hydrogens is 520 g/mol. The van der Waals surface area contributed by atoms with Gasteiger partial charge in [0.1, 0.15) is 11.7 Å². The Labute approximate surface area is 225 Å². The highest BCUT2D eigenvalue weighted by molar-refractivity contribution is 7.92. The molecule has 0 bridgehead atoms. The van der Waals surface area contributed by atoms with Gasteiger partial charge in [-0.1, -0.05) is 30.3 Å². The minimum Gasteiger partial charge on any atom is -0.388 e. The lowest BCUT2D eigenvalue weighted by Gasteiger charge is -2.38. The fourth-order valence-electron chi connectivity index (χ4n) is 4.82. The molecule has 0 atom stereocenters. The van der Waals surface area contributed by atoms with Crippen LogP contribution in [0.15, 0.2) is 65.8 Å². The maximum Gasteiger partial charge on any atom is 0.264 e. The molecule has 1 aliphatic rings. The first-order valence-electron chi connectivity index (χ1n) is 12.7. The number of sulfonamides is 1. The predicted molar refractivity (Wildman–Crippen MR) is 148 cm³/mol. The molecule has 0 unspecified atom stereocenters. The second kappa shape index (κ2) is 10.3. The van der Waals surface area contributed by atoms with Gasteiger partial charge >= 0.3 is 0 Å². The van der Waals surface area contributed by atoms with E-state index in [2.05, 4.69) is 14.8 Å². The lowest BCUT2D eigenvalue weighted by Crippen LogP contribution is -2.49. The van der Waals surface area contributed by atoms with Crippen LogP contribution in [0.4, 0.5) is 5.69 Å². The Balaban J connectivity index is 1.26. The minimum absolute atomic E-state index is 0.0346. The van der Waals surface area contributed by atoms with Crippen LogP contribution >= 0.6 is 0 Å². The Bertz CT molecular complexity index is 1690. The van der Waals surface area contributed by atoms with Crippen molar-refractivity contribution in [3.63, 3.8) is 0 Å². The number of anilines is 1. The molecule has 11 nitrogen and oxygen atoms in total. The number of fused-ring (bicyclic) bond motifs is 1. The number of aromatic nitrogens is 4. The van der Waals surface area contributed by atoms with Gasteiger partial charge < -0.3 is 10.0 Å². The van der Waals surface area contributed by atoms with E-state index in [-0.39, 0.29) is 23.8 Å². The lowest BCUT2D eigenvalue weighted by atomic mass is 9.90. The van der Waals surface area contributed by atoms with Crippen LogP contribution in [0.2, 0.25) is 0 Å². The molecule has 204 valence electrons. The maximum atomic E-state index is 13.2. The quantitative estimate of drug-likeness (QED) is 0.360. The summed E-state index contributed by atoms with van der Waals surface area (Å²) in [7, 11) is -1.73. The number of hydrogen-bond acceptors (Lipinski definition) is 7. The molecule has 1 fully saturated rings. The number of para-hydroxylation sites is 1. The van der Waals surface area contributed by atoms with Gasteiger partial charge in [0.2, 0.25) is 10.0 Å². The zero-order chi connectivity index (χ0) is 27.8. The molecule has 1 saturated heterocycles. The van der Waals surface area contributed by atoms with Crippen LogP contribution in [0.3, 0.4) is 0 Å². The highest BCUT2D eigenvalue weighted by Crippen LogP contribution is 2.30. The minimum atomic E-state index is -3.44.